The molecule has 2 aromatic carbocycles. The molecule has 3 heterocycles. The van der Waals surface area contributed by atoms with Crippen molar-refractivity contribution in [3.63, 3.8) is 0 Å². The molecule has 1 aliphatic rings. The molecular formula is C23H18F2N6O3. The number of anilines is 1. The van der Waals surface area contributed by atoms with Crippen LogP contribution in [-0.4, -0.2) is 54.7 Å². The lowest BCUT2D eigenvalue weighted by atomic mass is 10.00. The lowest BCUT2D eigenvalue weighted by Crippen LogP contribution is -2.27. The smallest absolute Gasteiger partial charge is 0.407 e. The Balaban J connectivity index is 1.58. The number of aromatic nitrogens is 4. The van der Waals surface area contributed by atoms with Crippen LogP contribution in [0.5, 0.6) is 0 Å². The quantitative estimate of drug-likeness (QED) is 0.443. The van der Waals surface area contributed by atoms with Crippen molar-refractivity contribution in [2.45, 2.75) is 12.5 Å². The molecule has 5 rings (SSSR count). The highest BCUT2D eigenvalue weighted by Crippen LogP contribution is 2.35. The summed E-state index contributed by atoms with van der Waals surface area (Å²) in [4.78, 5) is 33.5. The fourth-order valence-electron chi connectivity index (χ4n) is 4.20. The Morgan fingerprint density at radius 3 is 2.59 bits per heavy atom. The van der Waals surface area contributed by atoms with Crippen LogP contribution in [0, 0.1) is 11.6 Å². The Bertz CT molecular complexity index is 1450. The normalized spacial score (nSPS) is 15.7. The molecule has 0 saturated carbocycles. The first-order valence-electron chi connectivity index (χ1n) is 10.4. The van der Waals surface area contributed by atoms with Crippen LogP contribution in [0.2, 0.25) is 0 Å². The van der Waals surface area contributed by atoms with Crippen LogP contribution in [0.3, 0.4) is 0 Å². The van der Waals surface area contributed by atoms with Gasteiger partial charge in [-0.05, 0) is 30.7 Å². The van der Waals surface area contributed by atoms with E-state index in [4.69, 9.17) is 5.73 Å². The molecule has 0 aliphatic carbocycles. The first kappa shape index (κ1) is 21.4. The maximum atomic E-state index is 15.3. The van der Waals surface area contributed by atoms with Gasteiger partial charge in [-0.15, -0.1) is 0 Å². The van der Waals surface area contributed by atoms with Gasteiger partial charge in [0.15, 0.2) is 11.4 Å². The van der Waals surface area contributed by atoms with Gasteiger partial charge in [0.1, 0.15) is 29.5 Å². The van der Waals surface area contributed by atoms with E-state index in [0.717, 1.165) is 12.1 Å². The minimum absolute atomic E-state index is 0.0211. The van der Waals surface area contributed by atoms with Crippen molar-refractivity contribution in [1.29, 1.82) is 0 Å². The van der Waals surface area contributed by atoms with E-state index in [1.807, 2.05) is 0 Å². The number of likely N-dealkylation sites (tertiary alicyclic amines) is 1. The second kappa shape index (κ2) is 8.18. The molecule has 0 bridgehead atoms. The van der Waals surface area contributed by atoms with Gasteiger partial charge in [0, 0.05) is 24.2 Å². The molecule has 11 heteroatoms. The zero-order valence-electron chi connectivity index (χ0n) is 17.7. The Morgan fingerprint density at radius 1 is 1.09 bits per heavy atom. The van der Waals surface area contributed by atoms with E-state index in [1.165, 1.54) is 41.6 Å². The van der Waals surface area contributed by atoms with Crippen molar-refractivity contribution in [1.82, 2.24) is 24.6 Å². The predicted molar refractivity (Wildman–Crippen MR) is 118 cm³/mol. The highest BCUT2D eigenvalue weighted by Gasteiger charge is 2.31. The summed E-state index contributed by atoms with van der Waals surface area (Å²) in [5.74, 6) is -2.01. The number of hydrogen-bond donors (Lipinski definition) is 2. The third-order valence-electron chi connectivity index (χ3n) is 5.90. The lowest BCUT2D eigenvalue weighted by Gasteiger charge is -2.13. The first-order chi connectivity index (χ1) is 16.3. The van der Waals surface area contributed by atoms with Crippen LogP contribution in [0.4, 0.5) is 19.4 Å². The number of rotatable bonds is 4. The van der Waals surface area contributed by atoms with Crippen LogP contribution in [-0.2, 0) is 0 Å². The maximum Gasteiger partial charge on any atom is 0.407 e. The van der Waals surface area contributed by atoms with Gasteiger partial charge in [-0.1, -0.05) is 18.2 Å². The zero-order valence-corrected chi connectivity index (χ0v) is 17.7. The molecule has 1 aliphatic heterocycles. The van der Waals surface area contributed by atoms with Crippen molar-refractivity contribution < 1.29 is 23.5 Å². The lowest BCUT2D eigenvalue weighted by molar-refractivity contribution is 0.103. The van der Waals surface area contributed by atoms with E-state index in [-0.39, 0.29) is 40.8 Å². The topological polar surface area (TPSA) is 127 Å². The second-order valence-electron chi connectivity index (χ2n) is 7.93. The number of halogens is 2. The van der Waals surface area contributed by atoms with Crippen LogP contribution in [0.1, 0.15) is 28.4 Å². The minimum Gasteiger partial charge on any atom is -0.465 e. The first-order valence-corrected chi connectivity index (χ1v) is 10.4. The van der Waals surface area contributed by atoms with Crippen molar-refractivity contribution >= 4 is 28.7 Å². The van der Waals surface area contributed by atoms with Gasteiger partial charge < -0.3 is 15.7 Å². The average Bonchev–Trinajstić information content (AvgIpc) is 3.45. The maximum absolute atomic E-state index is 15.3. The highest BCUT2D eigenvalue weighted by molar-refractivity contribution is 6.09. The number of ketones is 1. The van der Waals surface area contributed by atoms with E-state index in [2.05, 4.69) is 15.1 Å². The summed E-state index contributed by atoms with van der Waals surface area (Å²) in [6.45, 7) is 0.534. The van der Waals surface area contributed by atoms with E-state index in [1.54, 1.807) is 4.68 Å². The van der Waals surface area contributed by atoms with E-state index in [9.17, 15) is 19.1 Å². The van der Waals surface area contributed by atoms with Crippen LogP contribution in [0.25, 0.3) is 22.3 Å². The third-order valence-corrected chi connectivity index (χ3v) is 5.90. The molecule has 1 atom stereocenters. The number of amides is 1. The summed E-state index contributed by atoms with van der Waals surface area (Å²) in [6, 6.07) is 8.95. The molecule has 9 nitrogen and oxygen atoms in total. The number of carbonyl (C=O) groups excluding carboxylic acids is 1. The molecule has 2 aromatic heterocycles. The summed E-state index contributed by atoms with van der Waals surface area (Å²) >= 11 is 0. The Hall–Kier alpha value is -4.41. The largest absolute Gasteiger partial charge is 0.465 e. The number of benzene rings is 2. The Labute approximate surface area is 191 Å². The molecule has 1 fully saturated rings. The zero-order chi connectivity index (χ0) is 24.0. The molecular weight excluding hydrogens is 446 g/mol. The number of fused-ring (bicyclic) bond motifs is 1. The molecule has 0 spiro atoms. The van der Waals surface area contributed by atoms with Crippen molar-refractivity contribution in [3.8, 4) is 11.3 Å². The predicted octanol–water partition coefficient (Wildman–Crippen LogP) is 3.51. The number of carboxylic acid groups (broad SMARTS) is 1. The van der Waals surface area contributed by atoms with Crippen LogP contribution >= 0.6 is 0 Å². The summed E-state index contributed by atoms with van der Waals surface area (Å²) in [7, 11) is 0. The fourth-order valence-corrected chi connectivity index (χ4v) is 4.20. The monoisotopic (exact) mass is 464 g/mol. The molecule has 0 unspecified atom stereocenters. The Kier molecular flexibility index (Phi) is 5.16. The van der Waals surface area contributed by atoms with Crippen molar-refractivity contribution in [2.75, 3.05) is 18.8 Å². The van der Waals surface area contributed by atoms with E-state index < -0.39 is 23.5 Å². The molecule has 4 aromatic rings. The highest BCUT2D eigenvalue weighted by atomic mass is 19.1. The van der Waals surface area contributed by atoms with Gasteiger partial charge in [0.2, 0.25) is 0 Å². The van der Waals surface area contributed by atoms with Gasteiger partial charge in [0.05, 0.1) is 17.0 Å². The molecule has 1 amide bonds. The molecule has 172 valence electrons. The number of nitrogens with two attached hydrogens (primary N) is 1. The van der Waals surface area contributed by atoms with Gasteiger partial charge in [-0.25, -0.2) is 28.2 Å². The van der Waals surface area contributed by atoms with Gasteiger partial charge in [-0.2, -0.15) is 5.10 Å². The number of hydrogen-bond acceptors (Lipinski definition) is 6. The Morgan fingerprint density at radius 2 is 1.88 bits per heavy atom. The van der Waals surface area contributed by atoms with E-state index in [0.29, 0.717) is 24.0 Å². The van der Waals surface area contributed by atoms with Crippen LogP contribution in [0.15, 0.2) is 48.8 Å². The minimum atomic E-state index is -1.03. The number of nitrogens with zero attached hydrogens (tertiary/aromatic N) is 5. The third kappa shape index (κ3) is 3.51. The summed E-state index contributed by atoms with van der Waals surface area (Å²) in [5.41, 5.74) is 6.48. The molecule has 34 heavy (non-hydrogen) atoms. The number of carbonyl (C=O) groups is 2. The second-order valence-corrected chi connectivity index (χ2v) is 7.93. The summed E-state index contributed by atoms with van der Waals surface area (Å²) in [6.07, 6.45) is 0.732. The van der Waals surface area contributed by atoms with E-state index >= 15 is 4.39 Å². The van der Waals surface area contributed by atoms with Crippen molar-refractivity contribution in [2.24, 2.45) is 0 Å². The molecule has 0 radical (unpaired) electrons. The number of nitrogen functional groups attached to an aromatic ring is 1. The SMILES string of the molecule is Nc1ncnc2c1c(-c1ccc(C(=O)c3ccccc3F)cc1F)nn2[C@@H]1CCN(C(=O)O)C1. The summed E-state index contributed by atoms with van der Waals surface area (Å²) < 4.78 is 30.8. The fraction of sp³-hybridized carbons (Fsp3) is 0.174. The van der Waals surface area contributed by atoms with Gasteiger partial charge >= 0.3 is 6.09 Å². The summed E-state index contributed by atoms with van der Waals surface area (Å²) in [5, 5.41) is 14.1. The van der Waals surface area contributed by atoms with Crippen LogP contribution < -0.4 is 5.73 Å². The van der Waals surface area contributed by atoms with Gasteiger partial charge in [-0.3, -0.25) is 4.79 Å². The average molecular weight is 464 g/mol. The standard InChI is InChI=1S/C23H18F2N6O3/c24-16-4-2-1-3-15(16)20(32)12-5-6-14(17(25)9-12)19-18-21(26)27-11-28-22(18)31(29-19)13-7-8-30(10-13)23(33)34/h1-6,9,11,13H,7-8,10H2,(H,33,34)(H2,26,27,28)/t13-/m1/s1. The molecule has 3 N–H and O–H groups in total. The van der Waals surface area contributed by atoms with Crippen molar-refractivity contribution in [3.05, 3.63) is 71.6 Å². The van der Waals surface area contributed by atoms with Gasteiger partial charge in [0.25, 0.3) is 0 Å². The molecule has 1 saturated heterocycles.